The van der Waals surface area contributed by atoms with Crippen LogP contribution in [0.2, 0.25) is 5.02 Å². The van der Waals surface area contributed by atoms with E-state index in [2.05, 4.69) is 16.5 Å². The van der Waals surface area contributed by atoms with Crippen LogP contribution in [0.4, 0.5) is 5.00 Å². The number of halogens is 1. The Labute approximate surface area is 152 Å². The number of thiophene rings is 1. The Balaban J connectivity index is 1.50. The number of aromatic nitrogens is 2. The summed E-state index contributed by atoms with van der Waals surface area (Å²) in [6.45, 7) is 0.386. The summed E-state index contributed by atoms with van der Waals surface area (Å²) in [7, 11) is 0. The number of rotatable bonds is 4. The molecule has 4 rings (SSSR count). The summed E-state index contributed by atoms with van der Waals surface area (Å²) in [6.07, 6.45) is 6.17. The molecule has 3 aromatic heterocycles. The molecule has 0 saturated heterocycles. The second-order valence-corrected chi connectivity index (χ2v) is 7.29. The van der Waals surface area contributed by atoms with E-state index < -0.39 is 0 Å². The van der Waals surface area contributed by atoms with Gasteiger partial charge >= 0.3 is 0 Å². The third kappa shape index (κ3) is 3.06. The molecule has 1 N–H and O–H groups in total. The Morgan fingerprint density at radius 1 is 1.48 bits per heavy atom. The molecule has 6 nitrogen and oxygen atoms in total. The van der Waals surface area contributed by atoms with E-state index in [0.717, 1.165) is 24.8 Å². The number of furan rings is 1. The average molecular weight is 373 g/mol. The van der Waals surface area contributed by atoms with Crippen molar-refractivity contribution in [3.63, 3.8) is 0 Å². The second kappa shape index (κ2) is 6.39. The summed E-state index contributed by atoms with van der Waals surface area (Å²) in [4.78, 5) is 13.6. The Bertz CT molecular complexity index is 995. The highest BCUT2D eigenvalue weighted by atomic mass is 35.5. The number of carbonyl (C=O) groups excluding carboxylic acids is 1. The first-order valence-electron chi connectivity index (χ1n) is 7.76. The molecular weight excluding hydrogens is 360 g/mol. The summed E-state index contributed by atoms with van der Waals surface area (Å²) < 4.78 is 7.21. The molecule has 0 fully saturated rings. The van der Waals surface area contributed by atoms with Crippen molar-refractivity contribution in [3.05, 3.63) is 57.1 Å². The van der Waals surface area contributed by atoms with Gasteiger partial charge in [0.1, 0.15) is 16.8 Å². The van der Waals surface area contributed by atoms with Crippen LogP contribution in [0.1, 0.15) is 38.7 Å². The first-order valence-corrected chi connectivity index (χ1v) is 8.96. The van der Waals surface area contributed by atoms with E-state index in [9.17, 15) is 10.1 Å². The van der Waals surface area contributed by atoms with E-state index in [1.807, 2.05) is 0 Å². The van der Waals surface area contributed by atoms with Crippen molar-refractivity contribution < 1.29 is 9.21 Å². The predicted octanol–water partition coefficient (Wildman–Crippen LogP) is 3.85. The van der Waals surface area contributed by atoms with Gasteiger partial charge in [-0.2, -0.15) is 10.4 Å². The number of fused-ring (bicyclic) bond motifs is 1. The van der Waals surface area contributed by atoms with Gasteiger partial charge in [-0.15, -0.1) is 11.3 Å². The van der Waals surface area contributed by atoms with Crippen LogP contribution >= 0.6 is 22.9 Å². The zero-order valence-electron chi connectivity index (χ0n) is 13.1. The number of hydrogen-bond acceptors (Lipinski definition) is 5. The third-order valence-corrected chi connectivity index (χ3v) is 5.47. The van der Waals surface area contributed by atoms with Crippen LogP contribution in [0.25, 0.3) is 0 Å². The van der Waals surface area contributed by atoms with Crippen molar-refractivity contribution in [3.8, 4) is 6.07 Å². The van der Waals surface area contributed by atoms with E-state index in [-0.39, 0.29) is 11.7 Å². The van der Waals surface area contributed by atoms with Gasteiger partial charge in [-0.3, -0.25) is 9.48 Å². The van der Waals surface area contributed by atoms with Crippen molar-refractivity contribution >= 4 is 33.8 Å². The van der Waals surface area contributed by atoms with Gasteiger partial charge in [0.05, 0.1) is 23.3 Å². The van der Waals surface area contributed by atoms with Crippen LogP contribution in [0.15, 0.2) is 28.9 Å². The van der Waals surface area contributed by atoms with Crippen LogP contribution in [-0.4, -0.2) is 15.7 Å². The van der Waals surface area contributed by atoms with Gasteiger partial charge in [-0.25, -0.2) is 0 Å². The van der Waals surface area contributed by atoms with Gasteiger partial charge in [-0.1, -0.05) is 11.6 Å². The maximum absolute atomic E-state index is 12.4. The maximum atomic E-state index is 12.4. The molecule has 0 radical (unpaired) electrons. The molecule has 3 aromatic rings. The molecule has 0 saturated carbocycles. The van der Waals surface area contributed by atoms with Gasteiger partial charge in [0.25, 0.3) is 5.91 Å². The highest BCUT2D eigenvalue weighted by molar-refractivity contribution is 7.16. The lowest BCUT2D eigenvalue weighted by atomic mass is 10.1. The molecule has 1 aliphatic rings. The van der Waals surface area contributed by atoms with E-state index in [1.165, 1.54) is 22.4 Å². The lowest BCUT2D eigenvalue weighted by Gasteiger charge is -2.02. The lowest BCUT2D eigenvalue weighted by molar-refractivity contribution is 0.0995. The summed E-state index contributed by atoms with van der Waals surface area (Å²) >= 11 is 7.31. The Morgan fingerprint density at radius 2 is 2.36 bits per heavy atom. The maximum Gasteiger partial charge on any atom is 0.292 e. The molecular formula is C17H13ClN4O2S. The molecule has 0 aromatic carbocycles. The Hall–Kier alpha value is -2.56. The largest absolute Gasteiger partial charge is 0.454 e. The summed E-state index contributed by atoms with van der Waals surface area (Å²) in [5.74, 6) is 0.436. The highest BCUT2D eigenvalue weighted by Gasteiger charge is 2.24. The van der Waals surface area contributed by atoms with Gasteiger partial charge in [0, 0.05) is 11.1 Å². The SMILES string of the molecule is N#Cc1c(NC(=O)c2ccc(Cn3cc(Cl)cn3)o2)sc2c1CCC2. The number of nitrogens with zero attached hydrogens (tertiary/aromatic N) is 3. The van der Waals surface area contributed by atoms with E-state index >= 15 is 0 Å². The summed E-state index contributed by atoms with van der Waals surface area (Å²) in [5, 5.41) is 17.4. The predicted molar refractivity (Wildman–Crippen MR) is 94.1 cm³/mol. The lowest BCUT2D eigenvalue weighted by Crippen LogP contribution is -2.11. The number of aryl methyl sites for hydroxylation is 1. The molecule has 126 valence electrons. The van der Waals surface area contributed by atoms with Crippen LogP contribution < -0.4 is 5.32 Å². The molecule has 3 heterocycles. The number of nitrogens with one attached hydrogen (secondary N) is 1. The normalized spacial score (nSPS) is 12.8. The topological polar surface area (TPSA) is 83.9 Å². The standard InChI is InChI=1S/C17H13ClN4O2S/c18-10-7-20-22(8-10)9-11-4-5-14(24-11)16(23)21-17-13(6-19)12-2-1-3-15(12)25-17/h4-5,7-8H,1-3,9H2,(H,21,23). The minimum absolute atomic E-state index is 0.200. The first-order chi connectivity index (χ1) is 12.1. The Kier molecular flexibility index (Phi) is 4.07. The van der Waals surface area contributed by atoms with Crippen molar-refractivity contribution in [2.75, 3.05) is 5.32 Å². The molecule has 0 bridgehead atoms. The zero-order chi connectivity index (χ0) is 17.4. The molecule has 0 atom stereocenters. The fourth-order valence-electron chi connectivity index (χ4n) is 2.94. The number of nitriles is 1. The quantitative estimate of drug-likeness (QED) is 0.753. The molecule has 1 aliphatic carbocycles. The molecule has 1 amide bonds. The van der Waals surface area contributed by atoms with Gasteiger partial charge in [0.2, 0.25) is 0 Å². The molecule has 0 unspecified atom stereocenters. The van der Waals surface area contributed by atoms with Crippen molar-refractivity contribution in [1.82, 2.24) is 9.78 Å². The van der Waals surface area contributed by atoms with Crippen molar-refractivity contribution in [2.24, 2.45) is 0 Å². The minimum Gasteiger partial charge on any atom is -0.454 e. The van der Waals surface area contributed by atoms with Crippen LogP contribution in [0, 0.1) is 11.3 Å². The third-order valence-electron chi connectivity index (χ3n) is 4.07. The zero-order valence-corrected chi connectivity index (χ0v) is 14.7. The number of anilines is 1. The summed E-state index contributed by atoms with van der Waals surface area (Å²) in [5.41, 5.74) is 1.67. The number of hydrogen-bond donors (Lipinski definition) is 1. The van der Waals surface area contributed by atoms with E-state index in [1.54, 1.807) is 23.0 Å². The first kappa shape index (κ1) is 15.9. The summed E-state index contributed by atoms with van der Waals surface area (Å²) in [6, 6.07) is 5.55. The minimum atomic E-state index is -0.360. The fourth-order valence-corrected chi connectivity index (χ4v) is 4.34. The van der Waals surface area contributed by atoms with Crippen LogP contribution in [0.3, 0.4) is 0 Å². The number of carbonyl (C=O) groups is 1. The van der Waals surface area contributed by atoms with Gasteiger partial charge in [0.15, 0.2) is 5.76 Å². The molecule has 0 spiro atoms. The van der Waals surface area contributed by atoms with Crippen LogP contribution in [-0.2, 0) is 19.4 Å². The average Bonchev–Trinajstić information content (AvgIpc) is 3.32. The van der Waals surface area contributed by atoms with Gasteiger partial charge < -0.3 is 9.73 Å². The molecule has 0 aliphatic heterocycles. The molecule has 25 heavy (non-hydrogen) atoms. The smallest absolute Gasteiger partial charge is 0.292 e. The van der Waals surface area contributed by atoms with Crippen LogP contribution in [0.5, 0.6) is 0 Å². The van der Waals surface area contributed by atoms with Gasteiger partial charge in [-0.05, 0) is 37.0 Å². The monoisotopic (exact) mass is 372 g/mol. The van der Waals surface area contributed by atoms with E-state index in [4.69, 9.17) is 16.0 Å². The Morgan fingerprint density at radius 3 is 3.12 bits per heavy atom. The van der Waals surface area contributed by atoms with Crippen molar-refractivity contribution in [2.45, 2.75) is 25.8 Å². The van der Waals surface area contributed by atoms with E-state index in [0.29, 0.717) is 27.9 Å². The number of amides is 1. The fraction of sp³-hybridized carbons (Fsp3) is 0.235. The second-order valence-electron chi connectivity index (χ2n) is 5.75. The highest BCUT2D eigenvalue weighted by Crippen LogP contribution is 2.38. The van der Waals surface area contributed by atoms with Crippen molar-refractivity contribution in [1.29, 1.82) is 5.26 Å². The molecule has 8 heteroatoms.